The third-order valence-electron chi connectivity index (χ3n) is 3.52. The Hall–Kier alpha value is -1.70. The fourth-order valence-corrected chi connectivity index (χ4v) is 4.01. The van der Waals surface area contributed by atoms with Crippen molar-refractivity contribution >= 4 is 21.4 Å². The van der Waals surface area contributed by atoms with Crippen LogP contribution in [0.2, 0.25) is 0 Å². The summed E-state index contributed by atoms with van der Waals surface area (Å²) in [6, 6.07) is 0. The summed E-state index contributed by atoms with van der Waals surface area (Å²) < 4.78 is 23.4. The molecule has 21 heavy (non-hydrogen) atoms. The quantitative estimate of drug-likeness (QED) is 0.836. The van der Waals surface area contributed by atoms with Crippen LogP contribution in [-0.4, -0.2) is 41.8 Å². The molecule has 0 saturated carbocycles. The van der Waals surface area contributed by atoms with Crippen molar-refractivity contribution in [2.75, 3.05) is 18.0 Å². The van der Waals surface area contributed by atoms with E-state index in [0.29, 0.717) is 18.7 Å². The Morgan fingerprint density at radius 3 is 2.81 bits per heavy atom. The summed E-state index contributed by atoms with van der Waals surface area (Å²) in [5.41, 5.74) is 6.01. The van der Waals surface area contributed by atoms with E-state index >= 15 is 0 Å². The lowest BCUT2D eigenvalue weighted by atomic mass is 10.2. The lowest BCUT2D eigenvalue weighted by molar-refractivity contribution is 0.0949. The third kappa shape index (κ3) is 3.49. The molecule has 1 aliphatic rings. The minimum atomic E-state index is -3.08. The van der Waals surface area contributed by atoms with Crippen LogP contribution in [0, 0.1) is 0 Å². The van der Waals surface area contributed by atoms with E-state index in [9.17, 15) is 13.2 Å². The number of nitrogens with two attached hydrogens (primary N) is 1. The molecule has 7 nitrogen and oxygen atoms in total. The minimum Gasteiger partial charge on any atom is -0.396 e. The minimum absolute atomic E-state index is 0.0763. The van der Waals surface area contributed by atoms with Crippen LogP contribution >= 0.6 is 0 Å². The number of sulfone groups is 1. The van der Waals surface area contributed by atoms with Crippen LogP contribution in [0.15, 0.2) is 6.20 Å². The highest BCUT2D eigenvalue weighted by atomic mass is 32.2. The van der Waals surface area contributed by atoms with Gasteiger partial charge in [0.1, 0.15) is 5.82 Å². The molecule has 1 unspecified atom stereocenters. The van der Waals surface area contributed by atoms with Gasteiger partial charge in [-0.25, -0.2) is 18.4 Å². The lowest BCUT2D eigenvalue weighted by Gasteiger charge is -2.12. The molecule has 0 radical (unpaired) electrons. The molecule has 8 heteroatoms. The Morgan fingerprint density at radius 1 is 1.52 bits per heavy atom. The van der Waals surface area contributed by atoms with E-state index in [-0.39, 0.29) is 29.6 Å². The van der Waals surface area contributed by atoms with Crippen LogP contribution in [0.3, 0.4) is 0 Å². The van der Waals surface area contributed by atoms with Gasteiger partial charge in [0.2, 0.25) is 0 Å². The summed E-state index contributed by atoms with van der Waals surface area (Å²) in [5.74, 6) is 0.342. The fourth-order valence-electron chi connectivity index (χ4n) is 2.24. The van der Waals surface area contributed by atoms with Crippen molar-refractivity contribution in [3.8, 4) is 0 Å². The number of rotatable bonds is 4. The van der Waals surface area contributed by atoms with Crippen molar-refractivity contribution in [1.82, 2.24) is 15.3 Å². The normalized spacial score (nSPS) is 20.6. The highest BCUT2D eigenvalue weighted by Gasteiger charge is 2.31. The maximum Gasteiger partial charge on any atom is 0.272 e. The van der Waals surface area contributed by atoms with E-state index in [1.165, 1.54) is 6.20 Å². The number of hydrogen-bond donors (Lipinski definition) is 2. The standard InChI is InChI=1S/C13H20N4O3S/c1-8(2)12-15-7-10(14)11(17-12)13(18)16-6-9-4-3-5-21(9,19)20/h7-9H,3-6,14H2,1-2H3,(H,16,18). The van der Waals surface area contributed by atoms with Crippen molar-refractivity contribution < 1.29 is 13.2 Å². The molecule has 116 valence electrons. The topological polar surface area (TPSA) is 115 Å². The van der Waals surface area contributed by atoms with Gasteiger partial charge >= 0.3 is 0 Å². The SMILES string of the molecule is CC(C)c1ncc(N)c(C(=O)NCC2CCCS2(=O)=O)n1. The molecule has 1 aromatic heterocycles. The molecule has 1 atom stereocenters. The molecular formula is C13H20N4O3S. The second kappa shape index (κ2) is 5.97. The molecular weight excluding hydrogens is 292 g/mol. The Bertz CT molecular complexity index is 643. The molecule has 1 aromatic rings. The highest BCUT2D eigenvalue weighted by Crippen LogP contribution is 2.19. The fraction of sp³-hybridized carbons (Fsp3) is 0.615. The lowest BCUT2D eigenvalue weighted by Crippen LogP contribution is -2.35. The number of amides is 1. The summed E-state index contributed by atoms with van der Waals surface area (Å²) in [4.78, 5) is 20.4. The number of nitrogens with one attached hydrogen (secondary N) is 1. The summed E-state index contributed by atoms with van der Waals surface area (Å²) in [5, 5.41) is 2.11. The van der Waals surface area contributed by atoms with Gasteiger partial charge in [-0.15, -0.1) is 0 Å². The zero-order valence-electron chi connectivity index (χ0n) is 12.2. The third-order valence-corrected chi connectivity index (χ3v) is 5.80. The van der Waals surface area contributed by atoms with Crippen molar-refractivity contribution in [1.29, 1.82) is 0 Å². The average Bonchev–Trinajstić information content (AvgIpc) is 2.75. The largest absolute Gasteiger partial charge is 0.396 e. The van der Waals surface area contributed by atoms with Crippen molar-refractivity contribution in [2.45, 2.75) is 37.9 Å². The number of nitrogens with zero attached hydrogens (tertiary/aromatic N) is 2. The maximum absolute atomic E-state index is 12.1. The second-order valence-corrected chi connectivity index (χ2v) is 7.93. The van der Waals surface area contributed by atoms with Gasteiger partial charge in [-0.2, -0.15) is 0 Å². The molecule has 0 spiro atoms. The van der Waals surface area contributed by atoms with Gasteiger partial charge in [0.15, 0.2) is 15.5 Å². The Balaban J connectivity index is 2.08. The summed E-state index contributed by atoms with van der Waals surface area (Å²) in [6.07, 6.45) is 2.64. The molecule has 2 rings (SSSR count). The number of carbonyl (C=O) groups is 1. The van der Waals surface area contributed by atoms with Gasteiger partial charge < -0.3 is 11.1 Å². The number of anilines is 1. The average molecular weight is 312 g/mol. The van der Waals surface area contributed by atoms with Crippen molar-refractivity contribution in [3.63, 3.8) is 0 Å². The van der Waals surface area contributed by atoms with E-state index in [1.54, 1.807) is 0 Å². The smallest absolute Gasteiger partial charge is 0.272 e. The zero-order valence-corrected chi connectivity index (χ0v) is 13.0. The number of hydrogen-bond acceptors (Lipinski definition) is 6. The molecule has 0 aromatic carbocycles. The van der Waals surface area contributed by atoms with Gasteiger partial charge in [-0.1, -0.05) is 13.8 Å². The van der Waals surface area contributed by atoms with Gasteiger partial charge in [-0.05, 0) is 12.8 Å². The number of nitrogen functional groups attached to an aromatic ring is 1. The van der Waals surface area contributed by atoms with Crippen molar-refractivity contribution in [3.05, 3.63) is 17.7 Å². The van der Waals surface area contributed by atoms with Gasteiger partial charge in [-0.3, -0.25) is 4.79 Å². The molecule has 3 N–H and O–H groups in total. The number of aromatic nitrogens is 2. The maximum atomic E-state index is 12.1. The zero-order chi connectivity index (χ0) is 15.6. The van der Waals surface area contributed by atoms with Crippen LogP contribution < -0.4 is 11.1 Å². The second-order valence-electron chi connectivity index (χ2n) is 5.53. The Morgan fingerprint density at radius 2 is 2.24 bits per heavy atom. The van der Waals surface area contributed by atoms with E-state index in [2.05, 4.69) is 15.3 Å². The molecule has 1 fully saturated rings. The first kappa shape index (κ1) is 15.7. The van der Waals surface area contributed by atoms with E-state index < -0.39 is 21.0 Å². The predicted octanol–water partition coefficient (Wildman–Crippen LogP) is 0.489. The first-order valence-electron chi connectivity index (χ1n) is 6.93. The van der Waals surface area contributed by atoms with E-state index in [0.717, 1.165) is 0 Å². The highest BCUT2D eigenvalue weighted by molar-refractivity contribution is 7.92. The first-order valence-corrected chi connectivity index (χ1v) is 8.65. The van der Waals surface area contributed by atoms with Gasteiger partial charge in [0.05, 0.1) is 22.9 Å². The molecule has 1 saturated heterocycles. The summed E-state index contributed by atoms with van der Waals surface area (Å²) in [6.45, 7) is 3.93. The van der Waals surface area contributed by atoms with Crippen LogP contribution in [-0.2, 0) is 9.84 Å². The Labute approximate surface area is 124 Å². The van der Waals surface area contributed by atoms with Gasteiger partial charge in [0, 0.05) is 12.5 Å². The molecule has 2 heterocycles. The summed E-state index contributed by atoms with van der Waals surface area (Å²) in [7, 11) is -3.08. The molecule has 0 aliphatic carbocycles. The van der Waals surface area contributed by atoms with Crippen LogP contribution in [0.1, 0.15) is 48.9 Å². The number of carbonyl (C=O) groups excluding carboxylic acids is 1. The molecule has 1 amide bonds. The van der Waals surface area contributed by atoms with Gasteiger partial charge in [0.25, 0.3) is 5.91 Å². The van der Waals surface area contributed by atoms with Crippen LogP contribution in [0.5, 0.6) is 0 Å². The first-order chi connectivity index (χ1) is 9.81. The Kier molecular flexibility index (Phi) is 4.46. The van der Waals surface area contributed by atoms with Crippen LogP contribution in [0.25, 0.3) is 0 Å². The molecule has 1 aliphatic heterocycles. The monoisotopic (exact) mass is 312 g/mol. The predicted molar refractivity (Wildman–Crippen MR) is 79.7 cm³/mol. The molecule has 0 bridgehead atoms. The van der Waals surface area contributed by atoms with E-state index in [4.69, 9.17) is 5.73 Å². The van der Waals surface area contributed by atoms with Crippen LogP contribution in [0.4, 0.5) is 5.69 Å². The van der Waals surface area contributed by atoms with E-state index in [1.807, 2.05) is 13.8 Å². The van der Waals surface area contributed by atoms with Crippen molar-refractivity contribution in [2.24, 2.45) is 0 Å². The summed E-state index contributed by atoms with van der Waals surface area (Å²) >= 11 is 0.